The molecule has 0 amide bonds. The molecular formula is C17H28N2. The molecule has 1 aliphatic heterocycles. The second-order valence-electron chi connectivity index (χ2n) is 6.16. The van der Waals surface area contributed by atoms with Crippen LogP contribution in [0.25, 0.3) is 0 Å². The molecule has 1 aliphatic rings. The Bertz CT molecular complexity index is 367. The summed E-state index contributed by atoms with van der Waals surface area (Å²) in [5.74, 6) is 0.786. The number of nitrogens with one attached hydrogen (secondary N) is 1. The first-order valence-corrected chi connectivity index (χ1v) is 7.75. The third kappa shape index (κ3) is 5.33. The molecule has 2 heteroatoms. The number of benzene rings is 1. The summed E-state index contributed by atoms with van der Waals surface area (Å²) in [7, 11) is 0. The maximum absolute atomic E-state index is 3.54. The van der Waals surface area contributed by atoms with Gasteiger partial charge in [-0.15, -0.1) is 0 Å². The summed E-state index contributed by atoms with van der Waals surface area (Å²) in [5, 5.41) is 3.54. The van der Waals surface area contributed by atoms with Crippen molar-refractivity contribution in [2.24, 2.45) is 5.92 Å². The van der Waals surface area contributed by atoms with E-state index in [1.54, 1.807) is 0 Å². The zero-order chi connectivity index (χ0) is 13.5. The molecule has 0 aliphatic carbocycles. The number of hydrogen-bond donors (Lipinski definition) is 1. The molecule has 1 aromatic carbocycles. The van der Waals surface area contributed by atoms with E-state index in [4.69, 9.17) is 0 Å². The van der Waals surface area contributed by atoms with E-state index in [1.165, 1.54) is 43.5 Å². The van der Waals surface area contributed by atoms with Crippen molar-refractivity contribution in [2.75, 3.05) is 19.6 Å². The van der Waals surface area contributed by atoms with E-state index < -0.39 is 0 Å². The lowest BCUT2D eigenvalue weighted by atomic mass is 10.1. The Balaban J connectivity index is 1.77. The zero-order valence-electron chi connectivity index (χ0n) is 12.5. The van der Waals surface area contributed by atoms with Crippen LogP contribution in [0.15, 0.2) is 24.3 Å². The standard InChI is InChI=1S/C17H28N2/c1-15(2)8-9-18-13-16-6-5-7-17(12-16)14-19-10-3-4-11-19/h5-7,12,15,18H,3-4,8-11,13-14H2,1-2H3. The zero-order valence-corrected chi connectivity index (χ0v) is 12.5. The van der Waals surface area contributed by atoms with Crippen molar-refractivity contribution >= 4 is 0 Å². The summed E-state index contributed by atoms with van der Waals surface area (Å²) < 4.78 is 0. The molecule has 0 atom stereocenters. The van der Waals surface area contributed by atoms with Crippen LogP contribution in [-0.4, -0.2) is 24.5 Å². The van der Waals surface area contributed by atoms with Gasteiger partial charge in [0.05, 0.1) is 0 Å². The van der Waals surface area contributed by atoms with Crippen LogP contribution < -0.4 is 5.32 Å². The number of nitrogens with zero attached hydrogens (tertiary/aromatic N) is 1. The summed E-state index contributed by atoms with van der Waals surface area (Å²) in [4.78, 5) is 2.56. The Morgan fingerprint density at radius 2 is 1.89 bits per heavy atom. The third-order valence-corrected chi connectivity index (χ3v) is 3.82. The largest absolute Gasteiger partial charge is 0.313 e. The lowest BCUT2D eigenvalue weighted by Gasteiger charge is -2.15. The molecule has 1 N–H and O–H groups in total. The molecule has 1 heterocycles. The molecule has 0 unspecified atom stereocenters. The van der Waals surface area contributed by atoms with Gasteiger partial charge in [0.15, 0.2) is 0 Å². The minimum Gasteiger partial charge on any atom is -0.313 e. The van der Waals surface area contributed by atoms with Crippen LogP contribution in [-0.2, 0) is 13.1 Å². The maximum atomic E-state index is 3.54. The lowest BCUT2D eigenvalue weighted by molar-refractivity contribution is 0.331. The van der Waals surface area contributed by atoms with Crippen molar-refractivity contribution in [1.29, 1.82) is 0 Å². The average molecular weight is 260 g/mol. The molecule has 1 saturated heterocycles. The number of rotatable bonds is 7. The molecule has 19 heavy (non-hydrogen) atoms. The third-order valence-electron chi connectivity index (χ3n) is 3.82. The maximum Gasteiger partial charge on any atom is 0.0233 e. The first kappa shape index (κ1) is 14.5. The summed E-state index contributed by atoms with van der Waals surface area (Å²) in [6.07, 6.45) is 4.00. The van der Waals surface area contributed by atoms with Crippen molar-refractivity contribution < 1.29 is 0 Å². The highest BCUT2D eigenvalue weighted by Gasteiger charge is 2.11. The summed E-state index contributed by atoms with van der Waals surface area (Å²) in [5.41, 5.74) is 2.88. The summed E-state index contributed by atoms with van der Waals surface area (Å²) >= 11 is 0. The highest BCUT2D eigenvalue weighted by atomic mass is 15.1. The molecule has 0 saturated carbocycles. The van der Waals surface area contributed by atoms with E-state index in [9.17, 15) is 0 Å². The molecule has 0 bridgehead atoms. The van der Waals surface area contributed by atoms with Crippen molar-refractivity contribution in [2.45, 2.75) is 46.2 Å². The smallest absolute Gasteiger partial charge is 0.0233 e. The fraction of sp³-hybridized carbons (Fsp3) is 0.647. The number of likely N-dealkylation sites (tertiary alicyclic amines) is 1. The van der Waals surface area contributed by atoms with Gasteiger partial charge in [-0.25, -0.2) is 0 Å². The molecule has 106 valence electrons. The van der Waals surface area contributed by atoms with E-state index in [2.05, 4.69) is 48.3 Å². The fourth-order valence-electron chi connectivity index (χ4n) is 2.66. The van der Waals surface area contributed by atoms with Gasteiger partial charge in [-0.3, -0.25) is 4.90 Å². The van der Waals surface area contributed by atoms with Crippen LogP contribution in [0.5, 0.6) is 0 Å². The predicted octanol–water partition coefficient (Wildman–Crippen LogP) is 3.42. The van der Waals surface area contributed by atoms with Crippen molar-refractivity contribution in [3.8, 4) is 0 Å². The fourth-order valence-corrected chi connectivity index (χ4v) is 2.66. The molecular weight excluding hydrogens is 232 g/mol. The Morgan fingerprint density at radius 1 is 1.16 bits per heavy atom. The van der Waals surface area contributed by atoms with E-state index >= 15 is 0 Å². The van der Waals surface area contributed by atoms with Crippen molar-refractivity contribution in [3.63, 3.8) is 0 Å². The SMILES string of the molecule is CC(C)CCNCc1cccc(CN2CCCC2)c1. The molecule has 1 fully saturated rings. The van der Waals surface area contributed by atoms with Gasteiger partial charge in [-0.2, -0.15) is 0 Å². The summed E-state index contributed by atoms with van der Waals surface area (Å²) in [6, 6.07) is 9.05. The molecule has 1 aromatic rings. The second-order valence-corrected chi connectivity index (χ2v) is 6.16. The van der Waals surface area contributed by atoms with E-state index in [0.29, 0.717) is 0 Å². The average Bonchev–Trinajstić information content (AvgIpc) is 2.88. The van der Waals surface area contributed by atoms with Crippen molar-refractivity contribution in [1.82, 2.24) is 10.2 Å². The second kappa shape index (κ2) is 7.66. The van der Waals surface area contributed by atoms with Gasteiger partial charge in [-0.05, 0) is 55.9 Å². The monoisotopic (exact) mass is 260 g/mol. The van der Waals surface area contributed by atoms with Crippen LogP contribution in [0.1, 0.15) is 44.2 Å². The van der Waals surface area contributed by atoms with Crippen LogP contribution in [0.2, 0.25) is 0 Å². The summed E-state index contributed by atoms with van der Waals surface area (Å²) in [6.45, 7) is 10.3. The van der Waals surface area contributed by atoms with E-state index in [-0.39, 0.29) is 0 Å². The first-order chi connectivity index (χ1) is 9.24. The van der Waals surface area contributed by atoms with Crippen LogP contribution in [0, 0.1) is 5.92 Å². The number of hydrogen-bond acceptors (Lipinski definition) is 2. The van der Waals surface area contributed by atoms with Crippen LogP contribution in [0.4, 0.5) is 0 Å². The Kier molecular flexibility index (Phi) is 5.87. The van der Waals surface area contributed by atoms with Gasteiger partial charge in [-0.1, -0.05) is 38.1 Å². The lowest BCUT2D eigenvalue weighted by Crippen LogP contribution is -2.19. The molecule has 0 spiro atoms. The van der Waals surface area contributed by atoms with Crippen LogP contribution >= 0.6 is 0 Å². The Labute approximate surface area is 118 Å². The van der Waals surface area contributed by atoms with Crippen LogP contribution in [0.3, 0.4) is 0 Å². The first-order valence-electron chi connectivity index (χ1n) is 7.75. The minimum atomic E-state index is 0.786. The van der Waals surface area contributed by atoms with Gasteiger partial charge in [0, 0.05) is 13.1 Å². The quantitative estimate of drug-likeness (QED) is 0.756. The van der Waals surface area contributed by atoms with Gasteiger partial charge in [0.1, 0.15) is 0 Å². The van der Waals surface area contributed by atoms with Gasteiger partial charge < -0.3 is 5.32 Å². The van der Waals surface area contributed by atoms with Gasteiger partial charge >= 0.3 is 0 Å². The molecule has 0 radical (unpaired) electrons. The van der Waals surface area contributed by atoms with E-state index in [0.717, 1.165) is 25.6 Å². The minimum absolute atomic E-state index is 0.786. The van der Waals surface area contributed by atoms with E-state index in [1.807, 2.05) is 0 Å². The van der Waals surface area contributed by atoms with Gasteiger partial charge in [0.25, 0.3) is 0 Å². The molecule has 0 aromatic heterocycles. The highest BCUT2D eigenvalue weighted by molar-refractivity contribution is 5.23. The van der Waals surface area contributed by atoms with Crippen molar-refractivity contribution in [3.05, 3.63) is 35.4 Å². The topological polar surface area (TPSA) is 15.3 Å². The molecule has 2 nitrogen and oxygen atoms in total. The Hall–Kier alpha value is -0.860. The normalized spacial score (nSPS) is 16.4. The Morgan fingerprint density at radius 3 is 2.63 bits per heavy atom. The van der Waals surface area contributed by atoms with Gasteiger partial charge in [0.2, 0.25) is 0 Å². The highest BCUT2D eigenvalue weighted by Crippen LogP contribution is 2.13. The predicted molar refractivity (Wildman–Crippen MR) is 82.1 cm³/mol. The molecule has 2 rings (SSSR count).